The summed E-state index contributed by atoms with van der Waals surface area (Å²) in [5.74, 6) is -2.28. The largest absolute Gasteiger partial charge is 0.454 e. The highest BCUT2D eigenvalue weighted by Gasteiger charge is 2.11. The lowest BCUT2D eigenvalue weighted by atomic mass is 10.2. The summed E-state index contributed by atoms with van der Waals surface area (Å²) in [5, 5.41) is 7.47. The Morgan fingerprint density at radius 1 is 1.21 bits per heavy atom. The third-order valence-electron chi connectivity index (χ3n) is 2.37. The minimum absolute atomic E-state index is 0.187. The topological polar surface area (TPSA) is 59.1 Å². The number of amidine groups is 1. The zero-order valence-electron chi connectivity index (χ0n) is 9.58. The number of halogens is 3. The van der Waals surface area contributed by atoms with Gasteiger partial charge in [0.15, 0.2) is 11.6 Å². The minimum Gasteiger partial charge on any atom is -0.454 e. The molecule has 0 heterocycles. The second kappa shape index (κ2) is 5.24. The highest BCUT2D eigenvalue weighted by atomic mass is 35.5. The van der Waals surface area contributed by atoms with Crippen LogP contribution >= 0.6 is 11.6 Å². The van der Waals surface area contributed by atoms with E-state index in [-0.39, 0.29) is 22.4 Å². The number of hydrogen-bond acceptors (Lipinski definition) is 2. The molecular weight excluding hydrogens is 274 g/mol. The van der Waals surface area contributed by atoms with Gasteiger partial charge in [-0.2, -0.15) is 4.39 Å². The van der Waals surface area contributed by atoms with Gasteiger partial charge in [0.05, 0.1) is 5.02 Å². The van der Waals surface area contributed by atoms with Gasteiger partial charge in [-0.05, 0) is 24.3 Å². The Bertz CT molecular complexity index is 647. The van der Waals surface area contributed by atoms with Crippen LogP contribution in [0.4, 0.5) is 8.78 Å². The first-order chi connectivity index (χ1) is 8.99. The summed E-state index contributed by atoms with van der Waals surface area (Å²) in [5.41, 5.74) is 5.65. The number of nitrogen functional groups attached to an aromatic ring is 1. The molecule has 0 spiro atoms. The SMILES string of the molecule is N=C(N)c1ccc(Oc2cccc(F)c2F)cc1Cl. The highest BCUT2D eigenvalue weighted by molar-refractivity contribution is 6.34. The summed E-state index contributed by atoms with van der Waals surface area (Å²) >= 11 is 5.89. The molecule has 19 heavy (non-hydrogen) atoms. The van der Waals surface area contributed by atoms with E-state index in [2.05, 4.69) is 0 Å². The fourth-order valence-electron chi connectivity index (χ4n) is 1.47. The molecule has 0 aliphatic rings. The van der Waals surface area contributed by atoms with Crippen LogP contribution in [0.5, 0.6) is 11.5 Å². The number of ether oxygens (including phenoxy) is 1. The van der Waals surface area contributed by atoms with Crippen molar-refractivity contribution in [2.45, 2.75) is 0 Å². The molecule has 3 nitrogen and oxygen atoms in total. The van der Waals surface area contributed by atoms with E-state index in [9.17, 15) is 8.78 Å². The van der Waals surface area contributed by atoms with Crippen LogP contribution < -0.4 is 10.5 Å². The number of benzene rings is 2. The summed E-state index contributed by atoms with van der Waals surface area (Å²) in [7, 11) is 0. The molecule has 0 aliphatic heterocycles. The van der Waals surface area contributed by atoms with Gasteiger partial charge >= 0.3 is 0 Å². The average Bonchev–Trinajstić information content (AvgIpc) is 2.34. The molecule has 0 amide bonds. The van der Waals surface area contributed by atoms with Crippen LogP contribution in [0.3, 0.4) is 0 Å². The van der Waals surface area contributed by atoms with Gasteiger partial charge in [-0.1, -0.05) is 17.7 Å². The monoisotopic (exact) mass is 282 g/mol. The molecule has 0 fully saturated rings. The quantitative estimate of drug-likeness (QED) is 0.666. The molecule has 98 valence electrons. The van der Waals surface area contributed by atoms with Crippen LogP contribution in [0.2, 0.25) is 5.02 Å². The number of nitrogens with one attached hydrogen (secondary N) is 1. The zero-order chi connectivity index (χ0) is 14.0. The molecule has 2 rings (SSSR count). The number of nitrogens with two attached hydrogens (primary N) is 1. The van der Waals surface area contributed by atoms with Crippen molar-refractivity contribution in [3.05, 3.63) is 58.6 Å². The Balaban J connectivity index is 2.32. The summed E-state index contributed by atoms with van der Waals surface area (Å²) in [4.78, 5) is 0. The second-order valence-electron chi connectivity index (χ2n) is 3.71. The van der Waals surface area contributed by atoms with Crippen molar-refractivity contribution in [2.24, 2.45) is 5.73 Å². The molecule has 0 aromatic heterocycles. The minimum atomic E-state index is -1.07. The van der Waals surface area contributed by atoms with Crippen molar-refractivity contribution in [2.75, 3.05) is 0 Å². The van der Waals surface area contributed by atoms with Crippen LogP contribution in [0.25, 0.3) is 0 Å². The van der Waals surface area contributed by atoms with Crippen LogP contribution in [-0.4, -0.2) is 5.84 Å². The fraction of sp³-hybridized carbons (Fsp3) is 0. The zero-order valence-corrected chi connectivity index (χ0v) is 10.3. The summed E-state index contributed by atoms with van der Waals surface area (Å²) in [6.07, 6.45) is 0. The molecule has 6 heteroatoms. The van der Waals surface area contributed by atoms with Gasteiger partial charge in [-0.15, -0.1) is 0 Å². The van der Waals surface area contributed by atoms with E-state index in [1.165, 1.54) is 30.3 Å². The van der Waals surface area contributed by atoms with Crippen LogP contribution in [0.15, 0.2) is 36.4 Å². The number of rotatable bonds is 3. The molecule has 2 aromatic rings. The Labute approximate surface area is 113 Å². The van der Waals surface area contributed by atoms with E-state index in [1.54, 1.807) is 0 Å². The molecule has 0 saturated heterocycles. The smallest absolute Gasteiger partial charge is 0.201 e. The van der Waals surface area contributed by atoms with Gasteiger partial charge in [0.2, 0.25) is 5.82 Å². The Morgan fingerprint density at radius 3 is 2.58 bits per heavy atom. The van der Waals surface area contributed by atoms with E-state index in [0.717, 1.165) is 6.07 Å². The molecule has 0 aliphatic carbocycles. The van der Waals surface area contributed by atoms with Crippen molar-refractivity contribution in [3.8, 4) is 11.5 Å². The summed E-state index contributed by atoms with van der Waals surface area (Å²) < 4.78 is 31.6. The van der Waals surface area contributed by atoms with E-state index < -0.39 is 11.6 Å². The summed E-state index contributed by atoms with van der Waals surface area (Å²) in [6, 6.07) is 7.94. The first-order valence-electron chi connectivity index (χ1n) is 5.25. The van der Waals surface area contributed by atoms with Crippen molar-refractivity contribution in [1.29, 1.82) is 5.41 Å². The van der Waals surface area contributed by atoms with Gasteiger partial charge in [-0.3, -0.25) is 5.41 Å². The van der Waals surface area contributed by atoms with Gasteiger partial charge in [-0.25, -0.2) is 4.39 Å². The van der Waals surface area contributed by atoms with E-state index in [4.69, 9.17) is 27.5 Å². The predicted octanol–water partition coefficient (Wildman–Crippen LogP) is 3.69. The van der Waals surface area contributed by atoms with E-state index in [1.807, 2.05) is 0 Å². The molecule has 0 bridgehead atoms. The first kappa shape index (κ1) is 13.3. The normalized spacial score (nSPS) is 10.3. The lowest BCUT2D eigenvalue weighted by molar-refractivity contribution is 0.416. The van der Waals surface area contributed by atoms with Crippen molar-refractivity contribution >= 4 is 17.4 Å². The maximum atomic E-state index is 13.4. The van der Waals surface area contributed by atoms with Crippen LogP contribution in [-0.2, 0) is 0 Å². The maximum absolute atomic E-state index is 13.4. The van der Waals surface area contributed by atoms with Crippen molar-refractivity contribution < 1.29 is 13.5 Å². The lowest BCUT2D eigenvalue weighted by Gasteiger charge is -2.09. The van der Waals surface area contributed by atoms with Gasteiger partial charge in [0.1, 0.15) is 11.6 Å². The molecule has 3 N–H and O–H groups in total. The average molecular weight is 283 g/mol. The standard InChI is InChI=1S/C13H9ClF2N2O/c14-9-6-7(4-5-8(9)13(17)18)19-11-3-1-2-10(15)12(11)16/h1-6H,(H3,17,18). The molecule has 0 radical (unpaired) electrons. The second-order valence-corrected chi connectivity index (χ2v) is 4.12. The Morgan fingerprint density at radius 2 is 1.95 bits per heavy atom. The van der Waals surface area contributed by atoms with Crippen LogP contribution in [0.1, 0.15) is 5.56 Å². The third-order valence-corrected chi connectivity index (χ3v) is 2.69. The van der Waals surface area contributed by atoms with Gasteiger partial charge in [0.25, 0.3) is 0 Å². The van der Waals surface area contributed by atoms with Crippen molar-refractivity contribution in [1.82, 2.24) is 0 Å². The van der Waals surface area contributed by atoms with Gasteiger partial charge < -0.3 is 10.5 Å². The van der Waals surface area contributed by atoms with Gasteiger partial charge in [0, 0.05) is 11.6 Å². The Hall–Kier alpha value is -2.14. The third kappa shape index (κ3) is 2.82. The molecule has 2 aromatic carbocycles. The molecular formula is C13H9ClF2N2O. The molecule has 0 atom stereocenters. The molecule has 0 saturated carbocycles. The number of hydrogen-bond donors (Lipinski definition) is 2. The predicted molar refractivity (Wildman–Crippen MR) is 68.9 cm³/mol. The maximum Gasteiger partial charge on any atom is 0.201 e. The van der Waals surface area contributed by atoms with E-state index >= 15 is 0 Å². The Kier molecular flexibility index (Phi) is 3.66. The first-order valence-corrected chi connectivity index (χ1v) is 5.62. The van der Waals surface area contributed by atoms with E-state index in [0.29, 0.717) is 5.56 Å². The molecule has 0 unspecified atom stereocenters. The van der Waals surface area contributed by atoms with Crippen LogP contribution in [0, 0.1) is 17.0 Å². The fourth-order valence-corrected chi connectivity index (χ4v) is 1.74. The lowest BCUT2D eigenvalue weighted by Crippen LogP contribution is -2.11. The highest BCUT2D eigenvalue weighted by Crippen LogP contribution is 2.29. The summed E-state index contributed by atoms with van der Waals surface area (Å²) in [6.45, 7) is 0. The van der Waals surface area contributed by atoms with Crippen molar-refractivity contribution in [3.63, 3.8) is 0 Å².